The number of hydrogen-bond acceptors (Lipinski definition) is 3. The van der Waals surface area contributed by atoms with Crippen molar-refractivity contribution in [3.63, 3.8) is 0 Å². The molecule has 1 heterocycles. The van der Waals surface area contributed by atoms with Gasteiger partial charge in [-0.25, -0.2) is 0 Å². The third-order valence-corrected chi connectivity index (χ3v) is 3.64. The number of thiophene rings is 1. The highest BCUT2D eigenvalue weighted by Gasteiger charge is 2.09. The molecule has 0 spiro atoms. The van der Waals surface area contributed by atoms with E-state index < -0.39 is 5.97 Å². The van der Waals surface area contributed by atoms with E-state index in [1.807, 2.05) is 11.4 Å². The Morgan fingerprint density at radius 3 is 2.72 bits per heavy atom. The molecule has 4 nitrogen and oxygen atoms in total. The molecule has 0 aliphatic carbocycles. The summed E-state index contributed by atoms with van der Waals surface area (Å²) in [4.78, 5) is 25.0. The quantitative estimate of drug-likeness (QED) is 0.788. The summed E-state index contributed by atoms with van der Waals surface area (Å²) in [7, 11) is 1.73. The second-order valence-corrected chi connectivity index (χ2v) is 5.28. The molecule has 1 N–H and O–H groups in total. The Kier molecular flexibility index (Phi) is 6.43. The number of carboxylic acids is 1. The first-order valence-electron chi connectivity index (χ1n) is 6.07. The second kappa shape index (κ2) is 7.87. The lowest BCUT2D eigenvalue weighted by atomic mass is 10.2. The van der Waals surface area contributed by atoms with E-state index in [-0.39, 0.29) is 12.3 Å². The van der Waals surface area contributed by atoms with Gasteiger partial charge < -0.3 is 10.0 Å². The monoisotopic (exact) mass is 269 g/mol. The molecule has 0 saturated heterocycles. The van der Waals surface area contributed by atoms with E-state index in [0.717, 1.165) is 12.8 Å². The van der Waals surface area contributed by atoms with Crippen LogP contribution in [-0.4, -0.2) is 35.5 Å². The summed E-state index contributed by atoms with van der Waals surface area (Å²) in [5.41, 5.74) is 0. The minimum absolute atomic E-state index is 0.0944. The molecule has 0 atom stereocenters. The number of aliphatic carboxylic acids is 1. The topological polar surface area (TPSA) is 57.6 Å². The zero-order chi connectivity index (χ0) is 13.4. The average molecular weight is 269 g/mol. The Bertz CT molecular complexity index is 376. The van der Waals surface area contributed by atoms with Crippen molar-refractivity contribution < 1.29 is 14.7 Å². The Morgan fingerprint density at radius 1 is 1.33 bits per heavy atom. The van der Waals surface area contributed by atoms with Crippen LogP contribution in [0.5, 0.6) is 0 Å². The largest absolute Gasteiger partial charge is 0.481 e. The highest BCUT2D eigenvalue weighted by atomic mass is 32.1. The zero-order valence-electron chi connectivity index (χ0n) is 10.6. The molecule has 0 bridgehead atoms. The van der Waals surface area contributed by atoms with Gasteiger partial charge >= 0.3 is 5.97 Å². The Balaban J connectivity index is 2.13. The Labute approximate surface area is 111 Å². The Morgan fingerprint density at radius 2 is 2.11 bits per heavy atom. The molecule has 0 unspecified atom stereocenters. The lowest BCUT2D eigenvalue weighted by Crippen LogP contribution is -2.27. The number of aryl methyl sites for hydroxylation is 1. The third-order valence-electron chi connectivity index (χ3n) is 2.70. The Hall–Kier alpha value is -1.36. The number of rotatable bonds is 8. The van der Waals surface area contributed by atoms with Crippen LogP contribution in [0.4, 0.5) is 0 Å². The maximum Gasteiger partial charge on any atom is 0.303 e. The molecule has 0 aromatic carbocycles. The molecule has 0 radical (unpaired) electrons. The summed E-state index contributed by atoms with van der Waals surface area (Å²) in [6.07, 6.45) is 2.95. The van der Waals surface area contributed by atoms with Crippen molar-refractivity contribution in [3.05, 3.63) is 22.4 Å². The van der Waals surface area contributed by atoms with Crippen LogP contribution < -0.4 is 0 Å². The van der Waals surface area contributed by atoms with Gasteiger partial charge in [0.1, 0.15) is 0 Å². The molecule has 0 saturated carbocycles. The van der Waals surface area contributed by atoms with Crippen LogP contribution in [0, 0.1) is 0 Å². The predicted molar refractivity (Wildman–Crippen MR) is 71.8 cm³/mol. The number of nitrogens with zero attached hydrogens (tertiary/aromatic N) is 1. The molecule has 0 fully saturated rings. The minimum Gasteiger partial charge on any atom is -0.481 e. The number of hydrogen-bond donors (Lipinski definition) is 1. The fourth-order valence-electron chi connectivity index (χ4n) is 1.65. The van der Waals surface area contributed by atoms with E-state index >= 15 is 0 Å². The van der Waals surface area contributed by atoms with Crippen LogP contribution in [0.1, 0.15) is 30.6 Å². The third kappa shape index (κ3) is 5.82. The first-order chi connectivity index (χ1) is 8.59. The van der Waals surface area contributed by atoms with E-state index in [4.69, 9.17) is 5.11 Å². The number of carbonyl (C=O) groups is 2. The molecular weight excluding hydrogens is 250 g/mol. The number of carbonyl (C=O) groups excluding carboxylic acids is 1. The van der Waals surface area contributed by atoms with Crippen LogP contribution in [0.3, 0.4) is 0 Å². The van der Waals surface area contributed by atoms with Crippen LogP contribution in [0.2, 0.25) is 0 Å². The molecular formula is C13H19NO3S. The van der Waals surface area contributed by atoms with Gasteiger partial charge in [0.2, 0.25) is 5.91 Å². The lowest BCUT2D eigenvalue weighted by Gasteiger charge is -2.16. The number of amides is 1. The van der Waals surface area contributed by atoms with Crippen molar-refractivity contribution in [3.8, 4) is 0 Å². The fourth-order valence-corrected chi connectivity index (χ4v) is 2.40. The number of carboxylic acid groups (broad SMARTS) is 1. The van der Waals surface area contributed by atoms with Gasteiger partial charge in [0.25, 0.3) is 0 Å². The van der Waals surface area contributed by atoms with E-state index in [0.29, 0.717) is 19.4 Å². The van der Waals surface area contributed by atoms with Gasteiger partial charge in [0, 0.05) is 31.3 Å². The zero-order valence-corrected chi connectivity index (χ0v) is 11.4. The summed E-state index contributed by atoms with van der Waals surface area (Å²) in [6.45, 7) is 0.518. The lowest BCUT2D eigenvalue weighted by molar-refractivity contribution is -0.138. The van der Waals surface area contributed by atoms with Gasteiger partial charge in [-0.05, 0) is 30.7 Å². The van der Waals surface area contributed by atoms with E-state index in [2.05, 4.69) is 6.07 Å². The van der Waals surface area contributed by atoms with Gasteiger partial charge in [-0.15, -0.1) is 11.3 Å². The van der Waals surface area contributed by atoms with E-state index in [1.165, 1.54) is 4.88 Å². The highest BCUT2D eigenvalue weighted by Crippen LogP contribution is 2.12. The van der Waals surface area contributed by atoms with Crippen molar-refractivity contribution in [1.82, 2.24) is 4.90 Å². The molecule has 18 heavy (non-hydrogen) atoms. The first kappa shape index (κ1) is 14.7. The first-order valence-corrected chi connectivity index (χ1v) is 6.95. The maximum atomic E-state index is 11.7. The van der Waals surface area contributed by atoms with Crippen molar-refractivity contribution in [2.75, 3.05) is 13.6 Å². The predicted octanol–water partition coefficient (Wildman–Crippen LogP) is 2.39. The molecule has 1 rings (SSSR count). The van der Waals surface area contributed by atoms with Gasteiger partial charge in [-0.3, -0.25) is 9.59 Å². The van der Waals surface area contributed by atoms with Gasteiger partial charge in [-0.1, -0.05) is 6.07 Å². The molecule has 1 aromatic heterocycles. The fraction of sp³-hybridized carbons (Fsp3) is 0.538. The van der Waals surface area contributed by atoms with Crippen molar-refractivity contribution in [2.24, 2.45) is 0 Å². The van der Waals surface area contributed by atoms with Gasteiger partial charge in [0.15, 0.2) is 0 Å². The maximum absolute atomic E-state index is 11.7. The summed E-state index contributed by atoms with van der Waals surface area (Å²) in [5.74, 6) is -0.717. The summed E-state index contributed by atoms with van der Waals surface area (Å²) in [6, 6.07) is 4.09. The SMILES string of the molecule is CN(CCCC(=O)O)C(=O)CCCc1cccs1. The normalized spacial score (nSPS) is 10.3. The van der Waals surface area contributed by atoms with Crippen molar-refractivity contribution in [2.45, 2.75) is 32.1 Å². The summed E-state index contributed by atoms with van der Waals surface area (Å²) >= 11 is 1.71. The highest BCUT2D eigenvalue weighted by molar-refractivity contribution is 7.09. The van der Waals surface area contributed by atoms with Gasteiger partial charge in [0.05, 0.1) is 0 Å². The molecule has 0 aliphatic heterocycles. The molecule has 1 aromatic rings. The smallest absolute Gasteiger partial charge is 0.303 e. The summed E-state index contributed by atoms with van der Waals surface area (Å²) < 4.78 is 0. The van der Waals surface area contributed by atoms with E-state index in [1.54, 1.807) is 23.3 Å². The van der Waals surface area contributed by atoms with Crippen molar-refractivity contribution in [1.29, 1.82) is 0 Å². The van der Waals surface area contributed by atoms with Crippen LogP contribution in [0.25, 0.3) is 0 Å². The molecule has 1 amide bonds. The molecule has 5 heteroatoms. The molecule has 100 valence electrons. The van der Waals surface area contributed by atoms with Crippen LogP contribution >= 0.6 is 11.3 Å². The summed E-state index contributed by atoms with van der Waals surface area (Å²) in [5, 5.41) is 10.5. The van der Waals surface area contributed by atoms with Crippen LogP contribution in [0.15, 0.2) is 17.5 Å². The van der Waals surface area contributed by atoms with E-state index in [9.17, 15) is 9.59 Å². The standard InChI is InChI=1S/C13H19NO3S/c1-14(9-3-8-13(16)17)12(15)7-2-5-11-6-4-10-18-11/h4,6,10H,2-3,5,7-9H2,1H3,(H,16,17). The average Bonchev–Trinajstić information content (AvgIpc) is 2.81. The van der Waals surface area contributed by atoms with Crippen LogP contribution in [-0.2, 0) is 16.0 Å². The van der Waals surface area contributed by atoms with Gasteiger partial charge in [-0.2, -0.15) is 0 Å². The minimum atomic E-state index is -0.812. The van der Waals surface area contributed by atoms with Crippen molar-refractivity contribution >= 4 is 23.2 Å². The second-order valence-electron chi connectivity index (χ2n) is 4.25. The molecule has 0 aliphatic rings.